The molecule has 2 N–H and O–H groups in total. The highest BCUT2D eigenvalue weighted by Gasteiger charge is 2.56. The molecule has 2 rings (SSSR count). The van der Waals surface area contributed by atoms with Crippen LogP contribution < -0.4 is 5.32 Å². The molecule has 0 radical (unpaired) electrons. The van der Waals surface area contributed by atoms with Crippen LogP contribution in [0.15, 0.2) is 41.1 Å². The van der Waals surface area contributed by atoms with Crippen LogP contribution >= 0.6 is 15.9 Å². The average molecular weight is 392 g/mol. The quantitative estimate of drug-likeness (QED) is 0.743. The van der Waals surface area contributed by atoms with Crippen molar-refractivity contribution in [1.29, 1.82) is 0 Å². The molecule has 0 amide bonds. The van der Waals surface area contributed by atoms with Crippen molar-refractivity contribution in [1.82, 2.24) is 14.9 Å². The Balaban J connectivity index is 2.03. The van der Waals surface area contributed by atoms with Crippen LogP contribution in [0.4, 0.5) is 13.2 Å². The van der Waals surface area contributed by atoms with E-state index in [1.54, 1.807) is 0 Å². The van der Waals surface area contributed by atoms with Gasteiger partial charge in [-0.05, 0) is 18.2 Å². The Kier molecular flexibility index (Phi) is 5.49. The number of aliphatic hydroxyl groups is 1. The van der Waals surface area contributed by atoms with Crippen LogP contribution in [-0.2, 0) is 19.2 Å². The Hall–Kier alpha value is -1.38. The van der Waals surface area contributed by atoms with Crippen LogP contribution in [0, 0.1) is 0 Å². The zero-order chi connectivity index (χ0) is 17.1. The molecule has 1 unspecified atom stereocenters. The summed E-state index contributed by atoms with van der Waals surface area (Å²) in [6, 6.07) is 7.43. The van der Waals surface area contributed by atoms with Gasteiger partial charge in [-0.2, -0.15) is 13.2 Å². The second kappa shape index (κ2) is 7.02. The van der Waals surface area contributed by atoms with Crippen molar-refractivity contribution < 1.29 is 18.3 Å². The van der Waals surface area contributed by atoms with Crippen molar-refractivity contribution in [3.8, 4) is 0 Å². The molecular weight excluding hydrogens is 375 g/mol. The summed E-state index contributed by atoms with van der Waals surface area (Å²) in [6.45, 7) is 0.389. The zero-order valence-corrected chi connectivity index (χ0v) is 14.0. The number of halogens is 4. The maximum absolute atomic E-state index is 13.3. The molecule has 0 aliphatic carbocycles. The number of nitrogens with zero attached hydrogens (tertiary/aromatic N) is 2. The molecule has 1 atom stereocenters. The van der Waals surface area contributed by atoms with Crippen molar-refractivity contribution in [2.24, 2.45) is 7.05 Å². The highest BCUT2D eigenvalue weighted by molar-refractivity contribution is 9.10. The van der Waals surface area contributed by atoms with Gasteiger partial charge in [0.1, 0.15) is 5.82 Å². The Morgan fingerprint density at radius 2 is 2.00 bits per heavy atom. The molecule has 0 aliphatic rings. The number of hydrogen-bond donors (Lipinski definition) is 2. The third-order valence-corrected chi connectivity index (χ3v) is 4.37. The third-order valence-electron chi connectivity index (χ3n) is 3.60. The fraction of sp³-hybridized carbons (Fsp3) is 0.400. The molecule has 2 aromatic rings. The number of rotatable bonds is 6. The molecule has 126 valence electrons. The molecule has 0 fully saturated rings. The van der Waals surface area contributed by atoms with Crippen molar-refractivity contribution in [2.45, 2.75) is 24.7 Å². The fourth-order valence-corrected chi connectivity index (χ4v) is 2.70. The molecule has 0 saturated carbocycles. The van der Waals surface area contributed by atoms with Crippen molar-refractivity contribution >= 4 is 15.9 Å². The van der Waals surface area contributed by atoms with E-state index < -0.39 is 24.0 Å². The van der Waals surface area contributed by atoms with Gasteiger partial charge < -0.3 is 15.0 Å². The summed E-state index contributed by atoms with van der Waals surface area (Å²) in [5.41, 5.74) is -2.05. The van der Waals surface area contributed by atoms with Crippen LogP contribution in [0.2, 0.25) is 0 Å². The summed E-state index contributed by atoms with van der Waals surface area (Å²) in [5, 5.41) is 13.1. The van der Waals surface area contributed by atoms with Gasteiger partial charge >= 0.3 is 6.18 Å². The van der Waals surface area contributed by atoms with Crippen LogP contribution in [0.1, 0.15) is 17.8 Å². The minimum absolute atomic E-state index is 0.00972. The van der Waals surface area contributed by atoms with Crippen LogP contribution in [0.5, 0.6) is 0 Å². The van der Waals surface area contributed by atoms with E-state index in [0.29, 0.717) is 6.54 Å². The first-order chi connectivity index (χ1) is 10.8. The van der Waals surface area contributed by atoms with E-state index in [-0.39, 0.29) is 6.54 Å². The molecule has 0 spiro atoms. The summed E-state index contributed by atoms with van der Waals surface area (Å²) >= 11 is 3.38. The number of nitrogens with one attached hydrogen (secondary N) is 1. The van der Waals surface area contributed by atoms with E-state index in [1.165, 1.54) is 24.0 Å². The number of aromatic nitrogens is 2. The lowest BCUT2D eigenvalue weighted by Crippen LogP contribution is -2.46. The summed E-state index contributed by atoms with van der Waals surface area (Å²) in [5.74, 6) is -0.410. The molecule has 23 heavy (non-hydrogen) atoms. The Labute approximate surface area is 140 Å². The van der Waals surface area contributed by atoms with Gasteiger partial charge in [-0.15, -0.1) is 0 Å². The van der Waals surface area contributed by atoms with E-state index in [4.69, 9.17) is 0 Å². The van der Waals surface area contributed by atoms with Crippen molar-refractivity contribution in [3.63, 3.8) is 0 Å². The molecule has 1 aromatic heterocycles. The maximum Gasteiger partial charge on any atom is 0.424 e. The van der Waals surface area contributed by atoms with E-state index >= 15 is 0 Å². The summed E-state index contributed by atoms with van der Waals surface area (Å²) in [6.07, 6.45) is -2.71. The summed E-state index contributed by atoms with van der Waals surface area (Å²) < 4.78 is 42.0. The first-order valence-corrected chi connectivity index (χ1v) is 7.76. The zero-order valence-electron chi connectivity index (χ0n) is 12.4. The predicted molar refractivity (Wildman–Crippen MR) is 83.6 cm³/mol. The van der Waals surface area contributed by atoms with Gasteiger partial charge in [0.15, 0.2) is 0 Å². The first-order valence-electron chi connectivity index (χ1n) is 6.97. The molecule has 0 aliphatic heterocycles. The Morgan fingerprint density at radius 1 is 1.30 bits per heavy atom. The van der Waals surface area contributed by atoms with Gasteiger partial charge in [-0.1, -0.05) is 34.1 Å². The number of aryl methyl sites for hydroxylation is 1. The third kappa shape index (κ3) is 3.94. The van der Waals surface area contributed by atoms with E-state index in [2.05, 4.69) is 26.2 Å². The normalized spacial score (nSPS) is 14.7. The molecule has 8 heteroatoms. The standard InChI is InChI=1S/C15H17BrF3N3O/c1-22-9-8-21-13(22)14(23,15(17,18)19)6-7-20-10-11-4-2-3-5-12(11)16/h2-5,8-9,20,23H,6-7,10H2,1H3. The lowest BCUT2D eigenvalue weighted by molar-refractivity contribution is -0.272. The van der Waals surface area contributed by atoms with Crippen LogP contribution in [-0.4, -0.2) is 27.4 Å². The van der Waals surface area contributed by atoms with Crippen molar-refractivity contribution in [2.75, 3.05) is 6.54 Å². The van der Waals surface area contributed by atoms with Crippen LogP contribution in [0.3, 0.4) is 0 Å². The SMILES string of the molecule is Cn1ccnc1C(O)(CCNCc1ccccc1Br)C(F)(F)F. The second-order valence-corrected chi connectivity index (χ2v) is 6.09. The van der Waals surface area contributed by atoms with Gasteiger partial charge in [-0.3, -0.25) is 0 Å². The van der Waals surface area contributed by atoms with Gasteiger partial charge in [0.2, 0.25) is 5.60 Å². The number of alkyl halides is 3. The fourth-order valence-electron chi connectivity index (χ4n) is 2.28. The van der Waals surface area contributed by atoms with Crippen LogP contribution in [0.25, 0.3) is 0 Å². The van der Waals surface area contributed by atoms with E-state index in [0.717, 1.165) is 10.0 Å². The summed E-state index contributed by atoms with van der Waals surface area (Å²) in [7, 11) is 1.42. The lowest BCUT2D eigenvalue weighted by Gasteiger charge is -2.30. The highest BCUT2D eigenvalue weighted by Crippen LogP contribution is 2.40. The smallest absolute Gasteiger partial charge is 0.374 e. The Morgan fingerprint density at radius 3 is 2.57 bits per heavy atom. The second-order valence-electron chi connectivity index (χ2n) is 5.24. The number of imidazole rings is 1. The number of benzene rings is 1. The number of hydrogen-bond acceptors (Lipinski definition) is 3. The van der Waals surface area contributed by atoms with Gasteiger partial charge in [-0.25, -0.2) is 4.98 Å². The van der Waals surface area contributed by atoms with Crippen molar-refractivity contribution in [3.05, 3.63) is 52.5 Å². The minimum atomic E-state index is -4.80. The average Bonchev–Trinajstić information content (AvgIpc) is 2.90. The topological polar surface area (TPSA) is 50.1 Å². The molecular formula is C15H17BrF3N3O. The molecule has 4 nitrogen and oxygen atoms in total. The molecule has 1 heterocycles. The lowest BCUT2D eigenvalue weighted by atomic mass is 9.97. The largest absolute Gasteiger partial charge is 0.424 e. The Bertz CT molecular complexity index is 659. The van der Waals surface area contributed by atoms with E-state index in [1.807, 2.05) is 24.3 Å². The van der Waals surface area contributed by atoms with E-state index in [9.17, 15) is 18.3 Å². The molecule has 0 saturated heterocycles. The molecule has 0 bridgehead atoms. The maximum atomic E-state index is 13.3. The van der Waals surface area contributed by atoms with Gasteiger partial charge in [0.25, 0.3) is 0 Å². The van der Waals surface area contributed by atoms with Gasteiger partial charge in [0, 0.05) is 36.9 Å². The highest BCUT2D eigenvalue weighted by atomic mass is 79.9. The molecule has 1 aromatic carbocycles. The summed E-state index contributed by atoms with van der Waals surface area (Å²) in [4.78, 5) is 3.66. The minimum Gasteiger partial charge on any atom is -0.374 e. The predicted octanol–water partition coefficient (Wildman–Crippen LogP) is 3.11. The first kappa shape index (κ1) is 18.0. The van der Waals surface area contributed by atoms with Gasteiger partial charge in [0.05, 0.1) is 0 Å². The monoisotopic (exact) mass is 391 g/mol.